The SMILES string of the molecule is CCN(CC(=O)O)C1CC(Nc2nn3cc(C)nc3s2)C1. The summed E-state index contributed by atoms with van der Waals surface area (Å²) in [7, 11) is 0. The van der Waals surface area contributed by atoms with E-state index in [1.54, 1.807) is 15.9 Å². The van der Waals surface area contributed by atoms with Crippen molar-refractivity contribution in [1.29, 1.82) is 0 Å². The fraction of sp³-hybridized carbons (Fsp3) is 0.615. The summed E-state index contributed by atoms with van der Waals surface area (Å²) in [6.07, 6.45) is 3.83. The summed E-state index contributed by atoms with van der Waals surface area (Å²) in [5.74, 6) is -0.759. The number of anilines is 1. The molecule has 0 aromatic carbocycles. The summed E-state index contributed by atoms with van der Waals surface area (Å²) in [6.45, 7) is 4.85. The number of carboxylic acid groups (broad SMARTS) is 1. The van der Waals surface area contributed by atoms with Crippen LogP contribution >= 0.6 is 11.3 Å². The molecule has 0 spiro atoms. The number of likely N-dealkylation sites (N-methyl/N-ethyl adjacent to an activating group) is 1. The molecule has 7 nitrogen and oxygen atoms in total. The van der Waals surface area contributed by atoms with Gasteiger partial charge in [0.1, 0.15) is 0 Å². The standard InChI is InChI=1S/C13H19N5O2S/c1-3-17(7-11(19)20)10-4-9(5-10)15-12-16-18-6-8(2)14-13(18)21-12/h6,9-10H,3-5,7H2,1-2H3,(H,15,16)(H,19,20). The Hall–Kier alpha value is -1.67. The molecule has 0 saturated heterocycles. The third-order valence-electron chi connectivity index (χ3n) is 3.87. The topological polar surface area (TPSA) is 82.8 Å². The Labute approximate surface area is 126 Å². The Morgan fingerprint density at radius 1 is 1.62 bits per heavy atom. The number of hydrogen-bond donors (Lipinski definition) is 2. The van der Waals surface area contributed by atoms with Crippen molar-refractivity contribution < 1.29 is 9.90 Å². The van der Waals surface area contributed by atoms with E-state index in [1.165, 1.54) is 0 Å². The molecule has 1 aliphatic rings. The zero-order valence-corrected chi connectivity index (χ0v) is 12.9. The van der Waals surface area contributed by atoms with E-state index in [1.807, 2.05) is 24.9 Å². The first-order valence-corrected chi connectivity index (χ1v) is 7.92. The molecule has 21 heavy (non-hydrogen) atoms. The van der Waals surface area contributed by atoms with Crippen LogP contribution in [0.5, 0.6) is 0 Å². The normalized spacial score (nSPS) is 21.7. The van der Waals surface area contributed by atoms with E-state index >= 15 is 0 Å². The highest BCUT2D eigenvalue weighted by atomic mass is 32.1. The van der Waals surface area contributed by atoms with Crippen LogP contribution in [0.3, 0.4) is 0 Å². The zero-order chi connectivity index (χ0) is 15.0. The van der Waals surface area contributed by atoms with E-state index in [-0.39, 0.29) is 6.54 Å². The second-order valence-corrected chi connectivity index (χ2v) is 6.40. The summed E-state index contributed by atoms with van der Waals surface area (Å²) in [4.78, 5) is 18.1. The molecule has 2 N–H and O–H groups in total. The van der Waals surface area contributed by atoms with Gasteiger partial charge in [-0.3, -0.25) is 9.69 Å². The van der Waals surface area contributed by atoms with Gasteiger partial charge >= 0.3 is 5.97 Å². The molecule has 0 aliphatic heterocycles. The molecule has 0 radical (unpaired) electrons. The smallest absolute Gasteiger partial charge is 0.317 e. The first-order chi connectivity index (χ1) is 10.0. The van der Waals surface area contributed by atoms with E-state index in [0.29, 0.717) is 12.1 Å². The van der Waals surface area contributed by atoms with Crippen LogP contribution in [-0.2, 0) is 4.79 Å². The van der Waals surface area contributed by atoms with E-state index in [0.717, 1.165) is 35.2 Å². The van der Waals surface area contributed by atoms with Gasteiger partial charge in [0, 0.05) is 12.1 Å². The van der Waals surface area contributed by atoms with Gasteiger partial charge in [-0.2, -0.15) is 0 Å². The predicted molar refractivity (Wildman–Crippen MR) is 80.9 cm³/mol. The van der Waals surface area contributed by atoms with Crippen LogP contribution < -0.4 is 5.32 Å². The fourth-order valence-electron chi connectivity index (χ4n) is 2.72. The third kappa shape index (κ3) is 3.01. The van der Waals surface area contributed by atoms with Crippen LogP contribution in [0.1, 0.15) is 25.5 Å². The number of imidazole rings is 1. The second-order valence-electron chi connectivity index (χ2n) is 5.44. The number of aryl methyl sites for hydroxylation is 1. The molecule has 2 aromatic heterocycles. The van der Waals surface area contributed by atoms with Gasteiger partial charge in [0.05, 0.1) is 18.4 Å². The van der Waals surface area contributed by atoms with Gasteiger partial charge in [-0.1, -0.05) is 18.3 Å². The Kier molecular flexibility index (Phi) is 3.81. The van der Waals surface area contributed by atoms with Crippen molar-refractivity contribution in [3.63, 3.8) is 0 Å². The van der Waals surface area contributed by atoms with Crippen molar-refractivity contribution in [2.24, 2.45) is 0 Å². The largest absolute Gasteiger partial charge is 0.480 e. The van der Waals surface area contributed by atoms with Crippen molar-refractivity contribution in [3.8, 4) is 0 Å². The molecule has 3 rings (SSSR count). The lowest BCUT2D eigenvalue weighted by Crippen LogP contribution is -2.51. The molecule has 1 fully saturated rings. The molecule has 0 amide bonds. The molecule has 0 unspecified atom stereocenters. The lowest BCUT2D eigenvalue weighted by Gasteiger charge is -2.42. The molecule has 2 heterocycles. The van der Waals surface area contributed by atoms with Crippen molar-refractivity contribution in [2.75, 3.05) is 18.4 Å². The fourth-order valence-corrected chi connectivity index (χ4v) is 3.62. The van der Waals surface area contributed by atoms with Gasteiger partial charge in [-0.15, -0.1) is 5.10 Å². The van der Waals surface area contributed by atoms with E-state index < -0.39 is 5.97 Å². The van der Waals surface area contributed by atoms with Crippen LogP contribution in [0, 0.1) is 6.92 Å². The van der Waals surface area contributed by atoms with Crippen molar-refractivity contribution in [1.82, 2.24) is 19.5 Å². The highest BCUT2D eigenvalue weighted by Gasteiger charge is 2.34. The number of hydrogen-bond acceptors (Lipinski definition) is 6. The quantitative estimate of drug-likeness (QED) is 0.840. The molecular weight excluding hydrogens is 290 g/mol. The Morgan fingerprint density at radius 2 is 2.38 bits per heavy atom. The number of aromatic nitrogens is 3. The minimum Gasteiger partial charge on any atom is -0.480 e. The highest BCUT2D eigenvalue weighted by Crippen LogP contribution is 2.30. The molecule has 2 aromatic rings. The van der Waals surface area contributed by atoms with Crippen LogP contribution in [0.4, 0.5) is 5.13 Å². The Balaban J connectivity index is 1.54. The van der Waals surface area contributed by atoms with Crippen molar-refractivity contribution >= 4 is 27.4 Å². The maximum Gasteiger partial charge on any atom is 0.317 e. The molecule has 1 saturated carbocycles. The van der Waals surface area contributed by atoms with Crippen molar-refractivity contribution in [2.45, 2.75) is 38.8 Å². The number of nitrogens with one attached hydrogen (secondary N) is 1. The van der Waals surface area contributed by atoms with Gasteiger partial charge in [0.2, 0.25) is 10.1 Å². The number of carbonyl (C=O) groups is 1. The predicted octanol–water partition coefficient (Wildman–Crippen LogP) is 1.45. The number of nitrogens with zero attached hydrogens (tertiary/aromatic N) is 4. The van der Waals surface area contributed by atoms with Gasteiger partial charge < -0.3 is 10.4 Å². The number of aliphatic carboxylic acids is 1. The maximum atomic E-state index is 10.8. The van der Waals surface area contributed by atoms with Gasteiger partial charge in [-0.25, -0.2) is 9.50 Å². The maximum absolute atomic E-state index is 10.8. The average molecular weight is 309 g/mol. The van der Waals surface area contributed by atoms with E-state index in [9.17, 15) is 4.79 Å². The lowest BCUT2D eigenvalue weighted by atomic mass is 9.85. The first-order valence-electron chi connectivity index (χ1n) is 7.10. The van der Waals surface area contributed by atoms with Gasteiger partial charge in [0.15, 0.2) is 0 Å². The molecule has 8 heteroatoms. The molecular formula is C13H19N5O2S. The summed E-state index contributed by atoms with van der Waals surface area (Å²) in [6, 6.07) is 0.727. The van der Waals surface area contributed by atoms with Crippen LogP contribution in [-0.4, -0.2) is 55.7 Å². The van der Waals surface area contributed by atoms with Crippen LogP contribution in [0.25, 0.3) is 4.96 Å². The molecule has 1 aliphatic carbocycles. The zero-order valence-electron chi connectivity index (χ0n) is 12.1. The molecule has 0 bridgehead atoms. The van der Waals surface area contributed by atoms with Crippen LogP contribution in [0.15, 0.2) is 6.20 Å². The van der Waals surface area contributed by atoms with Crippen LogP contribution in [0.2, 0.25) is 0 Å². The van der Waals surface area contributed by atoms with Gasteiger partial charge in [0.25, 0.3) is 0 Å². The Morgan fingerprint density at radius 3 is 3.00 bits per heavy atom. The Bertz CT molecular complexity index is 615. The summed E-state index contributed by atoms with van der Waals surface area (Å²) in [5, 5.41) is 17.6. The van der Waals surface area contributed by atoms with Crippen molar-refractivity contribution in [3.05, 3.63) is 11.9 Å². The second kappa shape index (κ2) is 5.61. The van der Waals surface area contributed by atoms with E-state index in [4.69, 9.17) is 5.11 Å². The summed E-state index contributed by atoms with van der Waals surface area (Å²) in [5.41, 5.74) is 0.969. The first kappa shape index (κ1) is 14.3. The highest BCUT2D eigenvalue weighted by molar-refractivity contribution is 7.20. The van der Waals surface area contributed by atoms with Gasteiger partial charge in [-0.05, 0) is 26.3 Å². The average Bonchev–Trinajstić information content (AvgIpc) is 2.87. The number of fused-ring (bicyclic) bond motifs is 1. The molecule has 114 valence electrons. The lowest BCUT2D eigenvalue weighted by molar-refractivity contribution is -0.139. The summed E-state index contributed by atoms with van der Waals surface area (Å²) >= 11 is 1.54. The third-order valence-corrected chi connectivity index (χ3v) is 4.72. The summed E-state index contributed by atoms with van der Waals surface area (Å²) < 4.78 is 1.79. The minimum atomic E-state index is -0.759. The molecule has 0 atom stereocenters. The monoisotopic (exact) mass is 309 g/mol. The van der Waals surface area contributed by atoms with E-state index in [2.05, 4.69) is 15.4 Å². The number of rotatable bonds is 6. The minimum absolute atomic E-state index is 0.123. The number of carboxylic acids is 1.